The highest BCUT2D eigenvalue weighted by Gasteiger charge is 2.13. The van der Waals surface area contributed by atoms with Crippen LogP contribution in [0, 0.1) is 0 Å². The van der Waals surface area contributed by atoms with Gasteiger partial charge in [0.05, 0.1) is 19.8 Å². The number of methoxy groups -OCH3 is 1. The quantitative estimate of drug-likeness (QED) is 0.615. The molecule has 3 rings (SSSR count). The normalized spacial score (nSPS) is 12.3. The Morgan fingerprint density at radius 1 is 1.19 bits per heavy atom. The van der Waals surface area contributed by atoms with Crippen molar-refractivity contribution in [1.82, 2.24) is 5.32 Å². The molecule has 140 valence electrons. The van der Waals surface area contributed by atoms with E-state index in [0.717, 1.165) is 22.3 Å². The van der Waals surface area contributed by atoms with Crippen LogP contribution in [0.25, 0.3) is 17.0 Å². The van der Waals surface area contributed by atoms with Crippen molar-refractivity contribution < 1.29 is 18.7 Å². The molecule has 0 fully saturated rings. The van der Waals surface area contributed by atoms with Crippen LogP contribution in [0.2, 0.25) is 0 Å². The average molecular weight is 365 g/mol. The molecule has 5 heteroatoms. The van der Waals surface area contributed by atoms with Crippen LogP contribution < -0.4 is 14.8 Å². The molecule has 0 aliphatic heterocycles. The first-order valence-electron chi connectivity index (χ1n) is 8.88. The van der Waals surface area contributed by atoms with Crippen molar-refractivity contribution in [3.63, 3.8) is 0 Å². The van der Waals surface area contributed by atoms with E-state index in [9.17, 15) is 4.79 Å². The van der Waals surface area contributed by atoms with Crippen molar-refractivity contribution in [3.8, 4) is 11.5 Å². The molecular weight excluding hydrogens is 342 g/mol. The predicted molar refractivity (Wildman–Crippen MR) is 106 cm³/mol. The summed E-state index contributed by atoms with van der Waals surface area (Å²) in [5.41, 5.74) is 1.66. The van der Waals surface area contributed by atoms with Gasteiger partial charge in [0, 0.05) is 11.5 Å². The summed E-state index contributed by atoms with van der Waals surface area (Å²) in [6.45, 7) is 4.35. The molecule has 27 heavy (non-hydrogen) atoms. The number of para-hydroxylation sites is 1. The largest absolute Gasteiger partial charge is 0.493 e. The molecule has 1 aromatic heterocycles. The van der Waals surface area contributed by atoms with Gasteiger partial charge in [-0.2, -0.15) is 0 Å². The molecule has 1 heterocycles. The lowest BCUT2D eigenvalue weighted by atomic mass is 10.1. The molecule has 1 atom stereocenters. The van der Waals surface area contributed by atoms with Crippen molar-refractivity contribution in [3.05, 3.63) is 65.9 Å². The SMILES string of the molecule is CCOc1cc(/C=C/C(=O)N[C@@H](C)c2cc3ccccc3o2)ccc1OC. The first-order valence-corrected chi connectivity index (χ1v) is 8.88. The lowest BCUT2D eigenvalue weighted by Crippen LogP contribution is -2.24. The third-order valence-electron chi connectivity index (χ3n) is 4.14. The summed E-state index contributed by atoms with van der Waals surface area (Å²) < 4.78 is 16.6. The highest BCUT2D eigenvalue weighted by molar-refractivity contribution is 5.92. The number of carbonyl (C=O) groups excluding carboxylic acids is 1. The highest BCUT2D eigenvalue weighted by atomic mass is 16.5. The van der Waals surface area contributed by atoms with Crippen molar-refractivity contribution in [1.29, 1.82) is 0 Å². The van der Waals surface area contributed by atoms with Gasteiger partial charge < -0.3 is 19.2 Å². The first-order chi connectivity index (χ1) is 13.1. The lowest BCUT2D eigenvalue weighted by Gasteiger charge is -2.10. The van der Waals surface area contributed by atoms with E-state index in [1.165, 1.54) is 6.08 Å². The van der Waals surface area contributed by atoms with E-state index in [1.54, 1.807) is 13.2 Å². The van der Waals surface area contributed by atoms with Gasteiger partial charge in [0.15, 0.2) is 11.5 Å². The van der Waals surface area contributed by atoms with Crippen LogP contribution in [-0.4, -0.2) is 19.6 Å². The number of hydrogen-bond acceptors (Lipinski definition) is 4. The van der Waals surface area contributed by atoms with Crippen LogP contribution in [0.3, 0.4) is 0 Å². The van der Waals surface area contributed by atoms with E-state index in [-0.39, 0.29) is 11.9 Å². The Balaban J connectivity index is 1.66. The van der Waals surface area contributed by atoms with Gasteiger partial charge in [-0.25, -0.2) is 0 Å². The van der Waals surface area contributed by atoms with Gasteiger partial charge in [0.2, 0.25) is 5.91 Å². The van der Waals surface area contributed by atoms with Crippen molar-refractivity contribution in [2.24, 2.45) is 0 Å². The fourth-order valence-electron chi connectivity index (χ4n) is 2.79. The minimum absolute atomic E-state index is 0.197. The zero-order valence-electron chi connectivity index (χ0n) is 15.7. The summed E-state index contributed by atoms with van der Waals surface area (Å²) in [5, 5.41) is 3.93. The summed E-state index contributed by atoms with van der Waals surface area (Å²) in [6.07, 6.45) is 3.24. The van der Waals surface area contributed by atoms with Gasteiger partial charge in [0.25, 0.3) is 0 Å². The number of carbonyl (C=O) groups is 1. The Kier molecular flexibility index (Phi) is 5.81. The second-order valence-corrected chi connectivity index (χ2v) is 6.09. The molecule has 5 nitrogen and oxygen atoms in total. The molecule has 0 spiro atoms. The Morgan fingerprint density at radius 2 is 2.00 bits per heavy atom. The highest BCUT2D eigenvalue weighted by Crippen LogP contribution is 2.28. The number of benzene rings is 2. The number of hydrogen-bond donors (Lipinski definition) is 1. The fraction of sp³-hybridized carbons (Fsp3) is 0.227. The van der Waals surface area contributed by atoms with Crippen LogP contribution in [0.5, 0.6) is 11.5 Å². The number of fused-ring (bicyclic) bond motifs is 1. The van der Waals surface area contributed by atoms with Crippen LogP contribution in [0.4, 0.5) is 0 Å². The maximum absolute atomic E-state index is 12.3. The van der Waals surface area contributed by atoms with Gasteiger partial charge in [-0.3, -0.25) is 4.79 Å². The molecule has 1 N–H and O–H groups in total. The first kappa shape index (κ1) is 18.6. The van der Waals surface area contributed by atoms with E-state index in [0.29, 0.717) is 18.1 Å². The zero-order chi connectivity index (χ0) is 19.2. The topological polar surface area (TPSA) is 60.7 Å². The van der Waals surface area contributed by atoms with Crippen molar-refractivity contribution in [2.75, 3.05) is 13.7 Å². The summed E-state index contributed by atoms with van der Waals surface area (Å²) in [7, 11) is 1.60. The maximum atomic E-state index is 12.3. The number of amides is 1. The Labute approximate surface area is 158 Å². The maximum Gasteiger partial charge on any atom is 0.244 e. The van der Waals surface area contributed by atoms with E-state index in [2.05, 4.69) is 5.32 Å². The van der Waals surface area contributed by atoms with E-state index in [4.69, 9.17) is 13.9 Å². The van der Waals surface area contributed by atoms with Gasteiger partial charge >= 0.3 is 0 Å². The fourth-order valence-corrected chi connectivity index (χ4v) is 2.79. The molecule has 0 aliphatic rings. The molecule has 1 amide bonds. The number of rotatable bonds is 7. The summed E-state index contributed by atoms with van der Waals surface area (Å²) in [4.78, 5) is 12.3. The Hall–Kier alpha value is -3.21. The number of nitrogens with one attached hydrogen (secondary N) is 1. The molecular formula is C22H23NO4. The molecule has 0 saturated carbocycles. The number of ether oxygens (including phenoxy) is 2. The van der Waals surface area contributed by atoms with Gasteiger partial charge in [-0.1, -0.05) is 24.3 Å². The van der Waals surface area contributed by atoms with Crippen LogP contribution >= 0.6 is 0 Å². The Bertz CT molecular complexity index is 925. The lowest BCUT2D eigenvalue weighted by molar-refractivity contribution is -0.117. The van der Waals surface area contributed by atoms with Crippen molar-refractivity contribution in [2.45, 2.75) is 19.9 Å². The van der Waals surface area contributed by atoms with Crippen LogP contribution in [-0.2, 0) is 4.79 Å². The Morgan fingerprint density at radius 3 is 2.74 bits per heavy atom. The van der Waals surface area contributed by atoms with Gasteiger partial charge in [-0.15, -0.1) is 0 Å². The minimum Gasteiger partial charge on any atom is -0.493 e. The van der Waals surface area contributed by atoms with E-state index in [1.807, 2.05) is 62.4 Å². The second-order valence-electron chi connectivity index (χ2n) is 6.09. The van der Waals surface area contributed by atoms with Gasteiger partial charge in [0.1, 0.15) is 11.3 Å². The predicted octanol–water partition coefficient (Wildman–Crippen LogP) is 4.73. The van der Waals surface area contributed by atoms with Crippen LogP contribution in [0.1, 0.15) is 31.2 Å². The van der Waals surface area contributed by atoms with E-state index >= 15 is 0 Å². The summed E-state index contributed by atoms with van der Waals surface area (Å²) in [6, 6.07) is 15.0. The summed E-state index contributed by atoms with van der Waals surface area (Å²) >= 11 is 0. The number of furan rings is 1. The smallest absolute Gasteiger partial charge is 0.244 e. The molecule has 0 unspecified atom stereocenters. The monoisotopic (exact) mass is 365 g/mol. The molecule has 0 radical (unpaired) electrons. The molecule has 0 saturated heterocycles. The third-order valence-corrected chi connectivity index (χ3v) is 4.14. The standard InChI is InChI=1S/C22H23NO4/c1-4-26-21-13-16(9-11-19(21)25-3)10-12-22(24)23-15(2)20-14-17-7-5-6-8-18(17)27-20/h5-15H,4H2,1-3H3,(H,23,24)/b12-10+/t15-/m0/s1. The average Bonchev–Trinajstić information content (AvgIpc) is 3.11. The van der Waals surface area contributed by atoms with Crippen LogP contribution in [0.15, 0.2) is 59.0 Å². The molecule has 0 aliphatic carbocycles. The second kappa shape index (κ2) is 8.45. The zero-order valence-corrected chi connectivity index (χ0v) is 15.7. The molecule has 0 bridgehead atoms. The summed E-state index contributed by atoms with van der Waals surface area (Å²) in [5.74, 6) is 1.84. The van der Waals surface area contributed by atoms with Crippen molar-refractivity contribution >= 4 is 23.0 Å². The van der Waals surface area contributed by atoms with E-state index < -0.39 is 0 Å². The molecule has 2 aromatic carbocycles. The molecule has 3 aromatic rings. The minimum atomic E-state index is -0.232. The van der Waals surface area contributed by atoms with Gasteiger partial charge in [-0.05, 0) is 49.8 Å². The third kappa shape index (κ3) is 4.50.